The molecule has 0 unspecified atom stereocenters. The molecule has 0 saturated heterocycles. The van der Waals surface area contributed by atoms with Crippen LogP contribution < -0.4 is 19.9 Å². The van der Waals surface area contributed by atoms with Gasteiger partial charge < -0.3 is 10.1 Å². The Balaban J connectivity index is 1.49. The Morgan fingerprint density at radius 2 is 1.67 bits per heavy atom. The average molecular weight is 511 g/mol. The van der Waals surface area contributed by atoms with Gasteiger partial charge in [0.05, 0.1) is 22.6 Å². The fourth-order valence-electron chi connectivity index (χ4n) is 2.73. The van der Waals surface area contributed by atoms with Gasteiger partial charge in [0.15, 0.2) is 5.13 Å². The number of hydrogen-bond donors (Lipinski definition) is 3. The van der Waals surface area contributed by atoms with E-state index in [-0.39, 0.29) is 33.8 Å². The molecule has 0 spiro atoms. The number of primary sulfonamides is 1. The number of aromatic nitrogens is 1. The molecule has 0 aliphatic carbocycles. The van der Waals surface area contributed by atoms with Crippen molar-refractivity contribution in [2.45, 2.75) is 29.2 Å². The van der Waals surface area contributed by atoms with Crippen molar-refractivity contribution in [2.75, 3.05) is 11.8 Å². The summed E-state index contributed by atoms with van der Waals surface area (Å²) in [6.07, 6.45) is 0.487. The van der Waals surface area contributed by atoms with Crippen molar-refractivity contribution >= 4 is 42.4 Å². The summed E-state index contributed by atoms with van der Waals surface area (Å²) in [5.41, 5.74) is 1.31. The van der Waals surface area contributed by atoms with E-state index in [4.69, 9.17) is 9.88 Å². The van der Waals surface area contributed by atoms with E-state index in [1.54, 1.807) is 29.6 Å². The first kappa shape index (κ1) is 24.6. The molecule has 33 heavy (non-hydrogen) atoms. The van der Waals surface area contributed by atoms with Gasteiger partial charge in [0.25, 0.3) is 10.0 Å². The molecular formula is C20H22N4O6S3. The van der Waals surface area contributed by atoms with Gasteiger partial charge in [-0.25, -0.2) is 27.0 Å². The summed E-state index contributed by atoms with van der Waals surface area (Å²) in [6, 6.07) is 11.9. The molecule has 0 saturated carbocycles. The molecule has 10 nitrogen and oxygen atoms in total. The van der Waals surface area contributed by atoms with Crippen molar-refractivity contribution in [3.8, 4) is 5.75 Å². The first-order valence-electron chi connectivity index (χ1n) is 9.56. The molecule has 0 fully saturated rings. The van der Waals surface area contributed by atoms with Crippen LogP contribution in [0.25, 0.3) is 0 Å². The Morgan fingerprint density at radius 3 is 2.27 bits per heavy atom. The summed E-state index contributed by atoms with van der Waals surface area (Å²) in [4.78, 5) is 16.4. The number of amides is 1. The molecule has 176 valence electrons. The van der Waals surface area contributed by atoms with E-state index in [0.29, 0.717) is 17.9 Å². The van der Waals surface area contributed by atoms with Crippen molar-refractivity contribution in [3.05, 3.63) is 65.2 Å². The lowest BCUT2D eigenvalue weighted by atomic mass is 10.2. The molecule has 0 atom stereocenters. The van der Waals surface area contributed by atoms with Crippen LogP contribution in [0.5, 0.6) is 5.75 Å². The molecule has 0 bridgehead atoms. The lowest BCUT2D eigenvalue weighted by Gasteiger charge is -2.06. The topological polar surface area (TPSA) is 158 Å². The number of nitrogens with two attached hydrogens (primary N) is 1. The summed E-state index contributed by atoms with van der Waals surface area (Å²) in [6.45, 7) is 0.230. The SMILES string of the molecule is COc1ccc(S(=O)(=O)Nc2nc(CCC(=O)NCc3ccc(S(N)(=O)=O)cc3)cs2)cc1. The van der Waals surface area contributed by atoms with E-state index in [9.17, 15) is 21.6 Å². The van der Waals surface area contributed by atoms with Crippen molar-refractivity contribution in [2.24, 2.45) is 5.14 Å². The van der Waals surface area contributed by atoms with Gasteiger partial charge in [-0.05, 0) is 48.4 Å². The quantitative estimate of drug-likeness (QED) is 0.375. The largest absolute Gasteiger partial charge is 0.497 e. The predicted molar refractivity (Wildman–Crippen MR) is 124 cm³/mol. The highest BCUT2D eigenvalue weighted by atomic mass is 32.2. The summed E-state index contributed by atoms with van der Waals surface area (Å²) in [5.74, 6) is 0.322. The fraction of sp³-hybridized carbons (Fsp3) is 0.200. The number of hydrogen-bond acceptors (Lipinski definition) is 8. The molecule has 1 heterocycles. The highest BCUT2D eigenvalue weighted by molar-refractivity contribution is 7.93. The fourth-order valence-corrected chi connectivity index (χ4v) is 5.24. The van der Waals surface area contributed by atoms with Crippen LogP contribution in [0, 0.1) is 0 Å². The summed E-state index contributed by atoms with van der Waals surface area (Å²) in [5, 5.41) is 9.68. The summed E-state index contributed by atoms with van der Waals surface area (Å²) in [7, 11) is -6.06. The number of sulfonamides is 2. The van der Waals surface area contributed by atoms with Gasteiger partial charge in [-0.1, -0.05) is 12.1 Å². The number of anilines is 1. The summed E-state index contributed by atoms with van der Waals surface area (Å²) < 4.78 is 54.9. The Bertz CT molecular complexity index is 1320. The van der Waals surface area contributed by atoms with E-state index < -0.39 is 20.0 Å². The van der Waals surface area contributed by atoms with Crippen molar-refractivity contribution in [1.82, 2.24) is 10.3 Å². The molecule has 3 rings (SSSR count). The Labute approximate surface area is 195 Å². The third kappa shape index (κ3) is 6.99. The molecule has 1 amide bonds. The van der Waals surface area contributed by atoms with Gasteiger partial charge in [-0.2, -0.15) is 0 Å². The van der Waals surface area contributed by atoms with E-state index >= 15 is 0 Å². The van der Waals surface area contributed by atoms with E-state index in [1.165, 1.54) is 31.4 Å². The number of methoxy groups -OCH3 is 1. The third-order valence-corrected chi connectivity index (χ3v) is 7.71. The molecule has 0 aliphatic heterocycles. The molecule has 1 aromatic heterocycles. The van der Waals surface area contributed by atoms with E-state index in [0.717, 1.165) is 16.9 Å². The van der Waals surface area contributed by atoms with Gasteiger partial charge in [0, 0.05) is 18.3 Å². The van der Waals surface area contributed by atoms with Crippen molar-refractivity contribution in [3.63, 3.8) is 0 Å². The van der Waals surface area contributed by atoms with Crippen molar-refractivity contribution < 1.29 is 26.4 Å². The Morgan fingerprint density at radius 1 is 1.03 bits per heavy atom. The lowest BCUT2D eigenvalue weighted by molar-refractivity contribution is -0.121. The Hall–Kier alpha value is -3.00. The molecule has 0 radical (unpaired) electrons. The minimum absolute atomic E-state index is 0.000438. The van der Waals surface area contributed by atoms with Crippen LogP contribution >= 0.6 is 11.3 Å². The maximum atomic E-state index is 12.5. The standard InChI is InChI=1S/C20H22N4O6S3/c1-30-16-5-9-18(10-6-16)33(28,29)24-20-23-15(13-31-20)4-11-19(25)22-12-14-2-7-17(8-3-14)32(21,26)27/h2-3,5-10,13H,4,11-12H2,1H3,(H,22,25)(H,23,24)(H2,21,26,27). The van der Waals surface area contributed by atoms with Crippen LogP contribution in [0.3, 0.4) is 0 Å². The van der Waals surface area contributed by atoms with Crippen LogP contribution in [-0.2, 0) is 37.8 Å². The minimum atomic E-state index is -3.79. The maximum Gasteiger partial charge on any atom is 0.263 e. The van der Waals surface area contributed by atoms with Gasteiger partial charge in [0.2, 0.25) is 15.9 Å². The zero-order valence-electron chi connectivity index (χ0n) is 17.5. The monoisotopic (exact) mass is 510 g/mol. The number of nitrogens with zero attached hydrogens (tertiary/aromatic N) is 1. The van der Waals surface area contributed by atoms with E-state index in [2.05, 4.69) is 15.0 Å². The second-order valence-electron chi connectivity index (χ2n) is 6.89. The van der Waals surface area contributed by atoms with Crippen LogP contribution in [-0.4, -0.2) is 34.8 Å². The van der Waals surface area contributed by atoms with Gasteiger partial charge >= 0.3 is 0 Å². The smallest absolute Gasteiger partial charge is 0.263 e. The predicted octanol–water partition coefficient (Wildman–Crippen LogP) is 1.85. The first-order chi connectivity index (χ1) is 15.6. The minimum Gasteiger partial charge on any atom is -0.497 e. The van der Waals surface area contributed by atoms with Crippen LogP contribution in [0.1, 0.15) is 17.7 Å². The molecule has 0 aliphatic rings. The Kier molecular flexibility index (Phi) is 7.68. The molecule has 4 N–H and O–H groups in total. The number of benzene rings is 2. The number of carbonyl (C=O) groups excluding carboxylic acids is 1. The number of aryl methyl sites for hydroxylation is 1. The number of nitrogens with one attached hydrogen (secondary N) is 2. The maximum absolute atomic E-state index is 12.5. The number of carbonyl (C=O) groups is 1. The lowest BCUT2D eigenvalue weighted by Crippen LogP contribution is -2.23. The van der Waals surface area contributed by atoms with Crippen LogP contribution in [0.2, 0.25) is 0 Å². The molecule has 13 heteroatoms. The van der Waals surface area contributed by atoms with Crippen LogP contribution in [0.15, 0.2) is 63.7 Å². The number of ether oxygens (including phenoxy) is 1. The number of rotatable bonds is 10. The van der Waals surface area contributed by atoms with Crippen LogP contribution in [0.4, 0.5) is 5.13 Å². The zero-order chi connectivity index (χ0) is 24.1. The highest BCUT2D eigenvalue weighted by Gasteiger charge is 2.16. The normalized spacial score (nSPS) is 11.7. The van der Waals surface area contributed by atoms with E-state index in [1.807, 2.05) is 0 Å². The second-order valence-corrected chi connectivity index (χ2v) is 11.0. The van der Waals surface area contributed by atoms with Gasteiger partial charge in [0.1, 0.15) is 5.75 Å². The third-order valence-electron chi connectivity index (χ3n) is 4.49. The zero-order valence-corrected chi connectivity index (χ0v) is 20.0. The van der Waals surface area contributed by atoms with Crippen molar-refractivity contribution in [1.29, 1.82) is 0 Å². The number of thiazole rings is 1. The van der Waals surface area contributed by atoms with Gasteiger partial charge in [-0.3, -0.25) is 9.52 Å². The average Bonchev–Trinajstić information content (AvgIpc) is 3.22. The summed E-state index contributed by atoms with van der Waals surface area (Å²) >= 11 is 1.13. The van der Waals surface area contributed by atoms with Gasteiger partial charge in [-0.15, -0.1) is 11.3 Å². The first-order valence-corrected chi connectivity index (χ1v) is 13.5. The molecular weight excluding hydrogens is 488 g/mol. The second kappa shape index (κ2) is 10.3. The molecule has 3 aromatic rings. The highest BCUT2D eigenvalue weighted by Crippen LogP contribution is 2.22. The molecule has 2 aromatic carbocycles.